The quantitative estimate of drug-likeness (QED) is 0.474. The van der Waals surface area contributed by atoms with E-state index in [0.717, 1.165) is 5.33 Å². The van der Waals surface area contributed by atoms with Crippen molar-refractivity contribution in [1.29, 1.82) is 0 Å². The summed E-state index contributed by atoms with van der Waals surface area (Å²) in [6.07, 6.45) is 3.81. The molecule has 1 rings (SSSR count). The number of halogens is 1. The molecule has 0 amide bonds. The Labute approximate surface area is 103 Å². The molecule has 0 fully saturated rings. The third-order valence-corrected chi connectivity index (χ3v) is 2.26. The standard InChI is InChI=1S/C12H13BrO3/c1-15-12(14)10-6-2-3-7-11(10)16-9-5-4-8-13/h2-7H,8-9H2,1H3. The monoisotopic (exact) mass is 284 g/mol. The van der Waals surface area contributed by atoms with Crippen LogP contribution in [0.2, 0.25) is 0 Å². The Balaban J connectivity index is 2.71. The minimum Gasteiger partial charge on any atom is -0.489 e. The molecule has 4 heteroatoms. The maximum Gasteiger partial charge on any atom is 0.341 e. The third-order valence-electron chi connectivity index (χ3n) is 1.88. The highest BCUT2D eigenvalue weighted by Gasteiger charge is 2.11. The van der Waals surface area contributed by atoms with E-state index >= 15 is 0 Å². The number of hydrogen-bond acceptors (Lipinski definition) is 3. The first kappa shape index (κ1) is 12.8. The van der Waals surface area contributed by atoms with Gasteiger partial charge in [0.05, 0.1) is 7.11 Å². The average Bonchev–Trinajstić information content (AvgIpc) is 2.34. The molecule has 0 spiro atoms. The summed E-state index contributed by atoms with van der Waals surface area (Å²) in [5.74, 6) is 0.147. The first-order valence-corrected chi connectivity index (χ1v) is 5.93. The van der Waals surface area contributed by atoms with Gasteiger partial charge < -0.3 is 9.47 Å². The maximum atomic E-state index is 11.4. The van der Waals surface area contributed by atoms with Crippen LogP contribution in [0.5, 0.6) is 5.75 Å². The minimum atomic E-state index is -0.389. The molecule has 0 aliphatic rings. The first-order chi connectivity index (χ1) is 7.79. The number of hydrogen-bond donors (Lipinski definition) is 0. The lowest BCUT2D eigenvalue weighted by molar-refractivity contribution is 0.0596. The van der Waals surface area contributed by atoms with Gasteiger partial charge in [0, 0.05) is 5.33 Å². The van der Waals surface area contributed by atoms with Gasteiger partial charge >= 0.3 is 5.97 Å². The van der Waals surface area contributed by atoms with Gasteiger partial charge in [-0.05, 0) is 12.1 Å². The zero-order valence-electron chi connectivity index (χ0n) is 8.98. The Hall–Kier alpha value is -1.29. The van der Waals surface area contributed by atoms with Crippen molar-refractivity contribution in [2.24, 2.45) is 0 Å². The van der Waals surface area contributed by atoms with E-state index in [0.29, 0.717) is 17.9 Å². The van der Waals surface area contributed by atoms with Gasteiger partial charge in [0.15, 0.2) is 0 Å². The van der Waals surface area contributed by atoms with Gasteiger partial charge in [-0.2, -0.15) is 0 Å². The van der Waals surface area contributed by atoms with E-state index in [1.54, 1.807) is 18.2 Å². The van der Waals surface area contributed by atoms with E-state index in [2.05, 4.69) is 20.7 Å². The molecule has 0 aromatic heterocycles. The van der Waals surface area contributed by atoms with E-state index in [9.17, 15) is 4.79 Å². The van der Waals surface area contributed by atoms with Crippen molar-refractivity contribution in [3.05, 3.63) is 42.0 Å². The molecular weight excluding hydrogens is 272 g/mol. The van der Waals surface area contributed by atoms with Crippen LogP contribution in [0.1, 0.15) is 10.4 Å². The fourth-order valence-electron chi connectivity index (χ4n) is 1.14. The summed E-state index contributed by atoms with van der Waals surface area (Å²) >= 11 is 3.27. The van der Waals surface area contributed by atoms with E-state index in [4.69, 9.17) is 4.74 Å². The number of rotatable bonds is 5. The predicted octanol–water partition coefficient (Wildman–Crippen LogP) is 2.80. The predicted molar refractivity (Wildman–Crippen MR) is 66.2 cm³/mol. The fraction of sp³-hybridized carbons (Fsp3) is 0.250. The summed E-state index contributed by atoms with van der Waals surface area (Å²) < 4.78 is 10.1. The number of benzene rings is 1. The number of methoxy groups -OCH3 is 1. The molecule has 1 aromatic rings. The number of allylic oxidation sites excluding steroid dienone is 1. The SMILES string of the molecule is COC(=O)c1ccccc1OCC=CCBr. The van der Waals surface area contributed by atoms with Crippen LogP contribution in [0.4, 0.5) is 0 Å². The molecule has 3 nitrogen and oxygen atoms in total. The number of esters is 1. The molecule has 0 unspecified atom stereocenters. The topological polar surface area (TPSA) is 35.5 Å². The second kappa shape index (κ2) is 7.06. The molecule has 0 atom stereocenters. The zero-order valence-corrected chi connectivity index (χ0v) is 10.6. The number of ether oxygens (including phenoxy) is 2. The zero-order chi connectivity index (χ0) is 11.8. The number of alkyl halides is 1. The summed E-state index contributed by atoms with van der Waals surface area (Å²) in [6, 6.07) is 7.01. The Morgan fingerprint density at radius 2 is 2.12 bits per heavy atom. The van der Waals surface area contributed by atoms with Crippen LogP contribution in [-0.2, 0) is 4.74 Å². The Morgan fingerprint density at radius 1 is 1.38 bits per heavy atom. The van der Waals surface area contributed by atoms with E-state index in [1.807, 2.05) is 18.2 Å². The lowest BCUT2D eigenvalue weighted by atomic mass is 10.2. The fourth-order valence-corrected chi connectivity index (χ4v) is 1.40. The van der Waals surface area contributed by atoms with Crippen LogP contribution in [0.3, 0.4) is 0 Å². The Morgan fingerprint density at radius 3 is 2.81 bits per heavy atom. The van der Waals surface area contributed by atoms with Crippen molar-refractivity contribution < 1.29 is 14.3 Å². The summed E-state index contributed by atoms with van der Waals surface area (Å²) in [7, 11) is 1.35. The Bertz CT molecular complexity index is 374. The smallest absolute Gasteiger partial charge is 0.341 e. The van der Waals surface area contributed by atoms with Gasteiger partial charge in [0.2, 0.25) is 0 Å². The van der Waals surface area contributed by atoms with Crippen molar-refractivity contribution in [1.82, 2.24) is 0 Å². The van der Waals surface area contributed by atoms with Gasteiger partial charge in [0.1, 0.15) is 17.9 Å². The third kappa shape index (κ3) is 3.70. The molecule has 0 saturated carbocycles. The molecule has 0 radical (unpaired) electrons. The molecule has 1 aromatic carbocycles. The second-order valence-corrected chi connectivity index (χ2v) is 3.57. The number of carbonyl (C=O) groups is 1. The average molecular weight is 285 g/mol. The van der Waals surface area contributed by atoms with Crippen molar-refractivity contribution in [3.63, 3.8) is 0 Å². The molecular formula is C12H13BrO3. The van der Waals surface area contributed by atoms with Crippen LogP contribution < -0.4 is 4.74 Å². The molecule has 0 aliphatic carbocycles. The molecule has 0 heterocycles. The largest absolute Gasteiger partial charge is 0.489 e. The molecule has 86 valence electrons. The van der Waals surface area contributed by atoms with Crippen LogP contribution in [0.25, 0.3) is 0 Å². The molecule has 0 bridgehead atoms. The molecule has 0 N–H and O–H groups in total. The molecule has 0 saturated heterocycles. The highest BCUT2D eigenvalue weighted by Crippen LogP contribution is 2.18. The lowest BCUT2D eigenvalue weighted by Crippen LogP contribution is -2.05. The minimum absolute atomic E-state index is 0.389. The summed E-state index contributed by atoms with van der Waals surface area (Å²) in [5.41, 5.74) is 0.442. The van der Waals surface area contributed by atoms with Crippen LogP contribution in [-0.4, -0.2) is 25.0 Å². The van der Waals surface area contributed by atoms with E-state index in [1.165, 1.54) is 7.11 Å². The maximum absolute atomic E-state index is 11.4. The number of carbonyl (C=O) groups excluding carboxylic acids is 1. The first-order valence-electron chi connectivity index (χ1n) is 4.80. The van der Waals surface area contributed by atoms with Crippen LogP contribution in [0.15, 0.2) is 36.4 Å². The summed E-state index contributed by atoms with van der Waals surface area (Å²) in [5, 5.41) is 0.787. The van der Waals surface area contributed by atoms with Gasteiger partial charge in [-0.15, -0.1) is 0 Å². The summed E-state index contributed by atoms with van der Waals surface area (Å²) in [4.78, 5) is 11.4. The van der Waals surface area contributed by atoms with Gasteiger partial charge in [-0.25, -0.2) is 4.79 Å². The Kier molecular flexibility index (Phi) is 5.64. The second-order valence-electron chi connectivity index (χ2n) is 2.92. The molecule has 16 heavy (non-hydrogen) atoms. The van der Waals surface area contributed by atoms with Crippen molar-refractivity contribution >= 4 is 21.9 Å². The van der Waals surface area contributed by atoms with Crippen molar-refractivity contribution in [2.45, 2.75) is 0 Å². The highest BCUT2D eigenvalue weighted by atomic mass is 79.9. The van der Waals surface area contributed by atoms with Gasteiger partial charge in [-0.1, -0.05) is 40.2 Å². The van der Waals surface area contributed by atoms with Crippen molar-refractivity contribution in [2.75, 3.05) is 19.0 Å². The van der Waals surface area contributed by atoms with Crippen molar-refractivity contribution in [3.8, 4) is 5.75 Å². The number of para-hydroxylation sites is 1. The van der Waals surface area contributed by atoms with E-state index < -0.39 is 0 Å². The lowest BCUT2D eigenvalue weighted by Gasteiger charge is -2.07. The normalized spacial score (nSPS) is 10.4. The summed E-state index contributed by atoms with van der Waals surface area (Å²) in [6.45, 7) is 0.430. The van der Waals surface area contributed by atoms with E-state index in [-0.39, 0.29) is 5.97 Å². The van der Waals surface area contributed by atoms with Crippen LogP contribution >= 0.6 is 15.9 Å². The van der Waals surface area contributed by atoms with Crippen LogP contribution in [0, 0.1) is 0 Å². The van der Waals surface area contributed by atoms with Gasteiger partial charge in [-0.3, -0.25) is 0 Å². The highest BCUT2D eigenvalue weighted by molar-refractivity contribution is 9.09. The van der Waals surface area contributed by atoms with Gasteiger partial charge in [0.25, 0.3) is 0 Å². The molecule has 0 aliphatic heterocycles.